The fourth-order valence-corrected chi connectivity index (χ4v) is 8.18. The molecule has 0 radical (unpaired) electrons. The number of Topliss-reactive ketones (excluding diaryl/α,β-unsaturated/α-hetero) is 3. The Morgan fingerprint density at radius 2 is 1.65 bits per heavy atom. The van der Waals surface area contributed by atoms with Gasteiger partial charge in [0.15, 0.2) is 23.2 Å². The van der Waals surface area contributed by atoms with Gasteiger partial charge in [0, 0.05) is 67.8 Å². The molecule has 0 aliphatic carbocycles. The Morgan fingerprint density at radius 3 is 2.30 bits per heavy atom. The molecule has 0 saturated carbocycles. The molecule has 5 rings (SSSR count). The number of nitrogens with zero attached hydrogens (tertiary/aromatic N) is 4. The van der Waals surface area contributed by atoms with Gasteiger partial charge in [0.05, 0.1) is 35.7 Å². The number of nitrogens with two attached hydrogens (primary N) is 2. The number of nitriles is 1. The average molecular weight is 922 g/mol. The van der Waals surface area contributed by atoms with Crippen molar-refractivity contribution in [2.24, 2.45) is 23.3 Å². The van der Waals surface area contributed by atoms with Gasteiger partial charge in [-0.15, -0.1) is 0 Å². The summed E-state index contributed by atoms with van der Waals surface area (Å²) in [5.74, 6) is -2.77. The number of ketones is 3. The number of carbonyl (C=O) groups is 5. The van der Waals surface area contributed by atoms with Crippen LogP contribution in [0, 0.1) is 37.0 Å². The second-order valence-electron chi connectivity index (χ2n) is 16.6. The van der Waals surface area contributed by atoms with Crippen LogP contribution in [-0.2, 0) is 25.6 Å². The van der Waals surface area contributed by atoms with Gasteiger partial charge in [-0.05, 0) is 99.3 Å². The average Bonchev–Trinajstić information content (AvgIpc) is 3.28. The smallest absolute Gasteiger partial charge is 0.226 e. The molecule has 3 aromatic carbocycles. The highest BCUT2D eigenvalue weighted by Gasteiger charge is 2.36. The first-order valence-corrected chi connectivity index (χ1v) is 22.3. The number of benzene rings is 3. The third-order valence-electron chi connectivity index (χ3n) is 11.6. The lowest BCUT2D eigenvalue weighted by molar-refractivity contribution is -0.142. The zero-order valence-electron chi connectivity index (χ0n) is 38.5. The molecule has 66 heavy (non-hydrogen) atoms. The van der Waals surface area contributed by atoms with E-state index in [4.69, 9.17) is 20.9 Å². The van der Waals surface area contributed by atoms with Crippen LogP contribution in [0.5, 0.6) is 17.2 Å². The number of carbonyl (C=O) groups excluding carboxylic acids is 5. The summed E-state index contributed by atoms with van der Waals surface area (Å²) in [6.45, 7) is 8.18. The van der Waals surface area contributed by atoms with Crippen molar-refractivity contribution >= 4 is 42.7 Å². The number of phenols is 1. The summed E-state index contributed by atoms with van der Waals surface area (Å²) in [7, 11) is 1.48. The number of amides is 2. The number of aryl methyl sites for hydroxylation is 2. The van der Waals surface area contributed by atoms with Crippen molar-refractivity contribution in [3.63, 3.8) is 0 Å². The number of fused-ring (bicyclic) bond motifs is 5. The van der Waals surface area contributed by atoms with Gasteiger partial charge in [0.25, 0.3) is 0 Å². The van der Waals surface area contributed by atoms with Crippen molar-refractivity contribution in [2.45, 2.75) is 97.6 Å². The zero-order valence-corrected chi connectivity index (χ0v) is 39.5. The van der Waals surface area contributed by atoms with Gasteiger partial charge < -0.3 is 36.3 Å². The first-order valence-electron chi connectivity index (χ1n) is 22.3. The summed E-state index contributed by atoms with van der Waals surface area (Å²) in [6.07, 6.45) is 2.65. The Morgan fingerprint density at radius 1 is 0.939 bits per heavy atom. The normalized spacial score (nSPS) is 16.4. The van der Waals surface area contributed by atoms with E-state index in [0.717, 1.165) is 30.6 Å². The van der Waals surface area contributed by atoms with Gasteiger partial charge in [0.2, 0.25) is 11.8 Å². The molecule has 6 N–H and O–H groups in total. The third kappa shape index (κ3) is 13.2. The summed E-state index contributed by atoms with van der Waals surface area (Å²) in [6, 6.07) is 16.9. The first kappa shape index (κ1) is 52.5. The molecular weight excluding hydrogens is 859 g/mol. The van der Waals surface area contributed by atoms with Crippen LogP contribution in [0.25, 0.3) is 22.5 Å². The van der Waals surface area contributed by atoms with Gasteiger partial charge in [-0.2, -0.15) is 18.8 Å². The fourth-order valence-electron chi connectivity index (χ4n) is 8.18. The Kier molecular flexibility index (Phi) is 19.8. The predicted molar refractivity (Wildman–Crippen MR) is 256 cm³/mol. The number of phenolic OH excluding ortho intramolecular Hbond substituents is 1. The number of aromatic hydroxyl groups is 1. The predicted octanol–water partition coefficient (Wildman–Crippen LogP) is 6.40. The van der Waals surface area contributed by atoms with E-state index in [0.29, 0.717) is 57.4 Å². The van der Waals surface area contributed by atoms with Crippen LogP contribution in [-0.4, -0.2) is 88.5 Å². The maximum Gasteiger partial charge on any atom is 0.226 e. The topological polar surface area (TPSA) is 241 Å². The van der Waals surface area contributed by atoms with Crippen molar-refractivity contribution in [3.05, 3.63) is 88.7 Å². The molecule has 4 aromatic rings. The number of likely N-dealkylation sites (N-methyl/N-ethyl adjacent to an activating group) is 1. The number of hydrogen-bond donors (Lipinski definition) is 4. The lowest BCUT2D eigenvalue weighted by Crippen LogP contribution is -2.46. The van der Waals surface area contributed by atoms with E-state index in [2.05, 4.69) is 22.2 Å². The Balaban J connectivity index is 0.00000952. The van der Waals surface area contributed by atoms with Crippen LogP contribution in [0.1, 0.15) is 104 Å². The third-order valence-corrected chi connectivity index (χ3v) is 11.6. The van der Waals surface area contributed by atoms with Crippen LogP contribution < -0.4 is 26.3 Å². The zero-order chi connectivity index (χ0) is 47.2. The highest BCUT2D eigenvalue weighted by Crippen LogP contribution is 2.40. The minimum atomic E-state index is -1.27. The van der Waals surface area contributed by atoms with Crippen molar-refractivity contribution in [3.8, 4) is 45.8 Å². The van der Waals surface area contributed by atoms with E-state index >= 15 is 0 Å². The highest BCUT2D eigenvalue weighted by molar-refractivity contribution is 7.59. The molecule has 1 aliphatic rings. The molecule has 0 unspecified atom stereocenters. The molecular formula is C50H63N7O8S. The van der Waals surface area contributed by atoms with Crippen LogP contribution in [0.4, 0.5) is 0 Å². The molecule has 352 valence electrons. The Bertz CT molecular complexity index is 2380. The van der Waals surface area contributed by atoms with Crippen LogP contribution in [0.2, 0.25) is 0 Å². The van der Waals surface area contributed by atoms with E-state index in [-0.39, 0.29) is 89.0 Å². The lowest BCUT2D eigenvalue weighted by Gasteiger charge is -2.32. The largest absolute Gasteiger partial charge is 0.507 e. The fraction of sp³-hybridized carbons (Fsp3) is 0.440. The summed E-state index contributed by atoms with van der Waals surface area (Å²) in [5.41, 5.74) is 15.5. The number of hydrogen-bond acceptors (Lipinski definition) is 13. The molecule has 1 aromatic heterocycles. The number of unbranched alkanes of at least 4 members (excludes halogenated alkanes) is 2. The number of rotatable bonds is 19. The number of nitrogens with one attached hydrogen (secondary N) is 1. The minimum Gasteiger partial charge on any atom is -0.507 e. The molecule has 4 bridgehead atoms. The highest BCUT2D eigenvalue weighted by atomic mass is 32.1. The molecule has 4 atom stereocenters. The Labute approximate surface area is 394 Å². The van der Waals surface area contributed by atoms with Crippen molar-refractivity contribution in [2.75, 3.05) is 33.4 Å². The van der Waals surface area contributed by atoms with E-state index < -0.39 is 41.5 Å². The molecule has 2 amide bonds. The molecule has 0 spiro atoms. The van der Waals surface area contributed by atoms with Gasteiger partial charge in [-0.25, -0.2) is 9.97 Å². The standard InChI is InChI=1S/C50H61N7O8.H2S/c1-6-7-8-23-64-37-15-12-34(13-16-37)48-54-31(3)46(32(4)55-48)43(60)29-36(19-21-52)50(63)57(5)47-35-14-18-45(65-24-22-53)39(28-35)38-26-33(11-17-41(38)58)27-40(42(59)10-9-20-51)56-49(62)30(2)25-44(47)61;/h11-18,26,28,30,36,40,47,58H,6-10,19,21-25,27,29,52-53H2,1-5H3,(H,56,62);1H2/t30-,36-,40+,47+;/m1./s1. The van der Waals surface area contributed by atoms with Gasteiger partial charge in [-0.1, -0.05) is 38.8 Å². The van der Waals surface area contributed by atoms with E-state index in [1.54, 1.807) is 51.1 Å². The molecule has 2 heterocycles. The molecule has 0 fully saturated rings. The van der Waals surface area contributed by atoms with Gasteiger partial charge in [0.1, 0.15) is 29.9 Å². The van der Waals surface area contributed by atoms with Crippen LogP contribution in [0.15, 0.2) is 60.7 Å². The summed E-state index contributed by atoms with van der Waals surface area (Å²) >= 11 is 0. The van der Waals surface area contributed by atoms with Gasteiger partial charge >= 0.3 is 0 Å². The molecule has 15 nitrogen and oxygen atoms in total. The van der Waals surface area contributed by atoms with E-state index in [9.17, 15) is 34.3 Å². The van der Waals surface area contributed by atoms with E-state index in [1.807, 2.05) is 30.3 Å². The minimum absolute atomic E-state index is 0. The van der Waals surface area contributed by atoms with Crippen molar-refractivity contribution < 1.29 is 38.6 Å². The number of ether oxygens (including phenoxy) is 2. The second kappa shape index (κ2) is 24.9. The first-order chi connectivity index (χ1) is 31.2. The molecule has 16 heteroatoms. The summed E-state index contributed by atoms with van der Waals surface area (Å²) in [5, 5.41) is 23.2. The lowest BCUT2D eigenvalue weighted by atomic mass is 9.88. The van der Waals surface area contributed by atoms with Crippen molar-refractivity contribution in [1.29, 1.82) is 5.26 Å². The van der Waals surface area contributed by atoms with Gasteiger partial charge in [-0.3, -0.25) is 24.0 Å². The van der Waals surface area contributed by atoms with Crippen LogP contribution >= 0.6 is 13.5 Å². The second-order valence-corrected chi connectivity index (χ2v) is 16.6. The summed E-state index contributed by atoms with van der Waals surface area (Å²) in [4.78, 5) is 81.2. The maximum absolute atomic E-state index is 14.7. The van der Waals surface area contributed by atoms with Crippen molar-refractivity contribution in [1.82, 2.24) is 20.2 Å². The summed E-state index contributed by atoms with van der Waals surface area (Å²) < 4.78 is 11.9. The van der Waals surface area contributed by atoms with E-state index in [1.165, 1.54) is 18.0 Å². The number of aromatic nitrogens is 2. The monoisotopic (exact) mass is 921 g/mol. The van der Waals surface area contributed by atoms with Crippen LogP contribution in [0.3, 0.4) is 0 Å². The quantitative estimate of drug-likeness (QED) is 0.0589. The molecule has 0 saturated heterocycles. The molecule has 1 aliphatic heterocycles. The maximum atomic E-state index is 14.7. The SMILES string of the molecule is CCCCCOc1ccc(-c2nc(C)c(C(=O)C[C@@H](CCN)C(=O)N(C)[C@@H]3C(=O)C[C@@H](C)C(=O)N[C@H](C(=O)CCC#N)Cc4ccc(O)c(c4)-c4cc3ccc4OCCN)c(C)n2)cc1.S. The Hall–Kier alpha value is -6.15.